The highest BCUT2D eigenvalue weighted by molar-refractivity contribution is 5.85. The standard InChI is InChI=1S/C16H16N2O2/c1-12-6-5-7-13(10-12)11-17-18-16(20)15(19)14-8-3-2-4-9-14/h2-11,15,19H,1H3,(H,18,20). The molecule has 0 fully saturated rings. The minimum absolute atomic E-state index is 0.538. The van der Waals surface area contributed by atoms with E-state index in [9.17, 15) is 9.90 Å². The Morgan fingerprint density at radius 2 is 1.95 bits per heavy atom. The van der Waals surface area contributed by atoms with Crippen molar-refractivity contribution in [2.24, 2.45) is 5.10 Å². The van der Waals surface area contributed by atoms with Gasteiger partial charge < -0.3 is 5.11 Å². The predicted octanol–water partition coefficient (Wildman–Crippen LogP) is 2.18. The molecule has 2 rings (SSSR count). The van der Waals surface area contributed by atoms with Crippen LogP contribution in [0.5, 0.6) is 0 Å². The first-order valence-electron chi connectivity index (χ1n) is 6.29. The molecule has 1 atom stereocenters. The normalized spacial score (nSPS) is 12.3. The molecule has 0 saturated heterocycles. The smallest absolute Gasteiger partial charge is 0.273 e. The van der Waals surface area contributed by atoms with Gasteiger partial charge in [0.15, 0.2) is 6.10 Å². The fraction of sp³-hybridized carbons (Fsp3) is 0.125. The van der Waals surface area contributed by atoms with Crippen molar-refractivity contribution in [3.8, 4) is 0 Å². The number of nitrogens with one attached hydrogen (secondary N) is 1. The van der Waals surface area contributed by atoms with Crippen molar-refractivity contribution in [2.75, 3.05) is 0 Å². The number of nitrogens with zero attached hydrogens (tertiary/aromatic N) is 1. The molecule has 0 aliphatic rings. The van der Waals surface area contributed by atoms with Crippen LogP contribution in [0, 0.1) is 6.92 Å². The van der Waals surface area contributed by atoms with Crippen LogP contribution in [0.4, 0.5) is 0 Å². The Morgan fingerprint density at radius 1 is 1.20 bits per heavy atom. The number of amides is 1. The average molecular weight is 268 g/mol. The highest BCUT2D eigenvalue weighted by Gasteiger charge is 2.15. The quantitative estimate of drug-likeness (QED) is 0.659. The molecule has 0 saturated carbocycles. The summed E-state index contributed by atoms with van der Waals surface area (Å²) < 4.78 is 0. The summed E-state index contributed by atoms with van der Waals surface area (Å²) in [5.41, 5.74) is 4.87. The van der Waals surface area contributed by atoms with Gasteiger partial charge in [-0.15, -0.1) is 0 Å². The number of aryl methyl sites for hydroxylation is 1. The van der Waals surface area contributed by atoms with Crippen LogP contribution in [-0.2, 0) is 4.79 Å². The van der Waals surface area contributed by atoms with Gasteiger partial charge in [0.2, 0.25) is 0 Å². The molecule has 2 aromatic carbocycles. The molecule has 0 radical (unpaired) electrons. The number of carbonyl (C=O) groups excluding carboxylic acids is 1. The lowest BCUT2D eigenvalue weighted by Gasteiger charge is -2.08. The summed E-state index contributed by atoms with van der Waals surface area (Å²) in [4.78, 5) is 11.7. The third kappa shape index (κ3) is 3.76. The summed E-state index contributed by atoms with van der Waals surface area (Å²) in [5.74, 6) is -0.555. The Labute approximate surface area is 117 Å². The van der Waals surface area contributed by atoms with Crippen LogP contribution in [0.1, 0.15) is 22.8 Å². The van der Waals surface area contributed by atoms with E-state index in [-0.39, 0.29) is 0 Å². The van der Waals surface area contributed by atoms with Gasteiger partial charge in [0.1, 0.15) is 0 Å². The first-order valence-corrected chi connectivity index (χ1v) is 6.29. The lowest BCUT2D eigenvalue weighted by atomic mass is 10.1. The number of hydrazone groups is 1. The maximum absolute atomic E-state index is 11.7. The van der Waals surface area contributed by atoms with Gasteiger partial charge in [-0.1, -0.05) is 60.2 Å². The van der Waals surface area contributed by atoms with Crippen molar-refractivity contribution in [2.45, 2.75) is 13.0 Å². The van der Waals surface area contributed by atoms with Crippen molar-refractivity contribution in [3.05, 3.63) is 71.3 Å². The van der Waals surface area contributed by atoms with Crippen LogP contribution in [0.3, 0.4) is 0 Å². The van der Waals surface area contributed by atoms with E-state index in [4.69, 9.17) is 0 Å². The minimum Gasteiger partial charge on any atom is -0.378 e. The zero-order chi connectivity index (χ0) is 14.4. The zero-order valence-corrected chi connectivity index (χ0v) is 11.2. The number of aliphatic hydroxyl groups is 1. The van der Waals surface area contributed by atoms with Gasteiger partial charge in [-0.2, -0.15) is 5.10 Å². The SMILES string of the molecule is Cc1cccc(C=NNC(=O)C(O)c2ccccc2)c1. The molecule has 0 aromatic heterocycles. The molecule has 20 heavy (non-hydrogen) atoms. The molecular weight excluding hydrogens is 252 g/mol. The van der Waals surface area contributed by atoms with Gasteiger partial charge in [0.25, 0.3) is 5.91 Å². The monoisotopic (exact) mass is 268 g/mol. The van der Waals surface area contributed by atoms with Gasteiger partial charge in [0.05, 0.1) is 6.21 Å². The Kier molecular flexibility index (Phi) is 4.63. The molecule has 0 heterocycles. The molecule has 2 N–H and O–H groups in total. The predicted molar refractivity (Wildman–Crippen MR) is 78.3 cm³/mol. The van der Waals surface area contributed by atoms with E-state index < -0.39 is 12.0 Å². The summed E-state index contributed by atoms with van der Waals surface area (Å²) in [6, 6.07) is 16.5. The van der Waals surface area contributed by atoms with E-state index in [1.165, 1.54) is 0 Å². The largest absolute Gasteiger partial charge is 0.378 e. The number of rotatable bonds is 4. The van der Waals surface area contributed by atoms with Gasteiger partial charge in [-0.25, -0.2) is 5.43 Å². The lowest BCUT2D eigenvalue weighted by Crippen LogP contribution is -2.25. The second-order valence-electron chi connectivity index (χ2n) is 4.46. The van der Waals surface area contributed by atoms with Crippen LogP contribution in [0.25, 0.3) is 0 Å². The van der Waals surface area contributed by atoms with Crippen LogP contribution in [-0.4, -0.2) is 17.2 Å². The zero-order valence-electron chi connectivity index (χ0n) is 11.2. The van der Waals surface area contributed by atoms with Crippen molar-refractivity contribution in [1.82, 2.24) is 5.43 Å². The molecule has 0 aliphatic carbocycles. The van der Waals surface area contributed by atoms with Crippen LogP contribution < -0.4 is 5.43 Å². The summed E-state index contributed by atoms with van der Waals surface area (Å²) >= 11 is 0. The van der Waals surface area contributed by atoms with E-state index in [0.717, 1.165) is 11.1 Å². The first kappa shape index (κ1) is 14.0. The first-order chi connectivity index (χ1) is 9.66. The Balaban J connectivity index is 1.95. The summed E-state index contributed by atoms with van der Waals surface area (Å²) in [6.45, 7) is 1.98. The van der Waals surface area contributed by atoms with E-state index in [1.807, 2.05) is 37.3 Å². The van der Waals surface area contributed by atoms with E-state index >= 15 is 0 Å². The maximum Gasteiger partial charge on any atom is 0.273 e. The molecular formula is C16H16N2O2. The summed E-state index contributed by atoms with van der Waals surface area (Å²) in [5, 5.41) is 13.7. The molecule has 4 nitrogen and oxygen atoms in total. The molecule has 102 valence electrons. The van der Waals surface area contributed by atoms with Crippen LogP contribution in [0.2, 0.25) is 0 Å². The van der Waals surface area contributed by atoms with Gasteiger partial charge in [-0.3, -0.25) is 4.79 Å². The van der Waals surface area contributed by atoms with Crippen molar-refractivity contribution < 1.29 is 9.90 Å². The van der Waals surface area contributed by atoms with E-state index in [2.05, 4.69) is 10.5 Å². The van der Waals surface area contributed by atoms with Gasteiger partial charge in [0, 0.05) is 0 Å². The van der Waals surface area contributed by atoms with Crippen LogP contribution >= 0.6 is 0 Å². The van der Waals surface area contributed by atoms with Gasteiger partial charge >= 0.3 is 0 Å². The highest BCUT2D eigenvalue weighted by atomic mass is 16.3. The Bertz CT molecular complexity index is 609. The maximum atomic E-state index is 11.7. The molecule has 1 amide bonds. The molecule has 0 bridgehead atoms. The van der Waals surface area contributed by atoms with Crippen molar-refractivity contribution >= 4 is 12.1 Å². The fourth-order valence-corrected chi connectivity index (χ4v) is 1.77. The molecule has 4 heteroatoms. The van der Waals surface area contributed by atoms with Crippen LogP contribution in [0.15, 0.2) is 59.7 Å². The number of hydrogen-bond donors (Lipinski definition) is 2. The molecule has 0 aliphatic heterocycles. The lowest BCUT2D eigenvalue weighted by molar-refractivity contribution is -0.129. The third-order valence-corrected chi connectivity index (χ3v) is 2.79. The third-order valence-electron chi connectivity index (χ3n) is 2.79. The minimum atomic E-state index is -1.22. The molecule has 0 spiro atoms. The number of aliphatic hydroxyl groups excluding tert-OH is 1. The van der Waals surface area contributed by atoms with Crippen molar-refractivity contribution in [3.63, 3.8) is 0 Å². The van der Waals surface area contributed by atoms with E-state index in [0.29, 0.717) is 5.56 Å². The second-order valence-corrected chi connectivity index (χ2v) is 4.46. The second kappa shape index (κ2) is 6.63. The van der Waals surface area contributed by atoms with Crippen molar-refractivity contribution in [1.29, 1.82) is 0 Å². The fourth-order valence-electron chi connectivity index (χ4n) is 1.77. The molecule has 2 aromatic rings. The molecule has 1 unspecified atom stereocenters. The highest BCUT2D eigenvalue weighted by Crippen LogP contribution is 2.11. The average Bonchev–Trinajstić information content (AvgIpc) is 2.47. The number of hydrogen-bond acceptors (Lipinski definition) is 3. The summed E-state index contributed by atoms with van der Waals surface area (Å²) in [6.07, 6.45) is 0.327. The Hall–Kier alpha value is -2.46. The summed E-state index contributed by atoms with van der Waals surface area (Å²) in [7, 11) is 0. The Morgan fingerprint density at radius 3 is 2.65 bits per heavy atom. The topological polar surface area (TPSA) is 61.7 Å². The van der Waals surface area contributed by atoms with E-state index in [1.54, 1.807) is 30.5 Å². The number of carbonyl (C=O) groups is 1. The van der Waals surface area contributed by atoms with Gasteiger partial charge in [-0.05, 0) is 18.1 Å². The number of benzene rings is 2.